The summed E-state index contributed by atoms with van der Waals surface area (Å²) < 4.78 is 4.64. The molecule has 8 heteroatoms. The van der Waals surface area contributed by atoms with Crippen molar-refractivity contribution in [2.75, 3.05) is 5.32 Å². The van der Waals surface area contributed by atoms with Gasteiger partial charge in [-0.1, -0.05) is 16.8 Å². The SMILES string of the molecule is O=[N+]([O-])c1cc(Cl)nc(NCc2ccon2)c1. The molecule has 0 amide bonds. The Balaban J connectivity index is 2.13. The maximum atomic E-state index is 10.6. The number of rotatable bonds is 4. The van der Waals surface area contributed by atoms with Crippen LogP contribution in [0, 0.1) is 10.1 Å². The van der Waals surface area contributed by atoms with Crippen LogP contribution >= 0.6 is 11.6 Å². The van der Waals surface area contributed by atoms with Crippen molar-refractivity contribution in [1.29, 1.82) is 0 Å². The fourth-order valence-corrected chi connectivity index (χ4v) is 1.39. The van der Waals surface area contributed by atoms with Crippen molar-refractivity contribution in [1.82, 2.24) is 10.1 Å². The fraction of sp³-hybridized carbons (Fsp3) is 0.111. The summed E-state index contributed by atoms with van der Waals surface area (Å²) in [6, 6.07) is 4.15. The van der Waals surface area contributed by atoms with Crippen molar-refractivity contribution in [2.24, 2.45) is 0 Å². The molecule has 17 heavy (non-hydrogen) atoms. The first-order valence-corrected chi connectivity index (χ1v) is 4.98. The van der Waals surface area contributed by atoms with Gasteiger partial charge in [0.2, 0.25) is 0 Å². The standard InChI is InChI=1S/C9H7ClN4O3/c10-8-3-7(14(15)16)4-9(12-8)11-5-6-1-2-17-13-6/h1-4H,5H2,(H,11,12). The van der Waals surface area contributed by atoms with Crippen molar-refractivity contribution in [3.63, 3.8) is 0 Å². The van der Waals surface area contributed by atoms with E-state index in [9.17, 15) is 10.1 Å². The molecule has 0 bridgehead atoms. The molecule has 2 aromatic heterocycles. The Hall–Kier alpha value is -2.15. The van der Waals surface area contributed by atoms with Gasteiger partial charge in [-0.3, -0.25) is 10.1 Å². The maximum Gasteiger partial charge on any atom is 0.276 e. The molecule has 1 N–H and O–H groups in total. The zero-order valence-electron chi connectivity index (χ0n) is 8.46. The highest BCUT2D eigenvalue weighted by Gasteiger charge is 2.10. The number of aromatic nitrogens is 2. The van der Waals surface area contributed by atoms with Crippen molar-refractivity contribution in [3.8, 4) is 0 Å². The second-order valence-electron chi connectivity index (χ2n) is 3.13. The zero-order chi connectivity index (χ0) is 12.3. The van der Waals surface area contributed by atoms with Gasteiger partial charge in [-0.25, -0.2) is 4.98 Å². The summed E-state index contributed by atoms with van der Waals surface area (Å²) >= 11 is 5.67. The average Bonchev–Trinajstić information content (AvgIpc) is 2.78. The van der Waals surface area contributed by atoms with E-state index in [1.807, 2.05) is 0 Å². The maximum absolute atomic E-state index is 10.6. The van der Waals surface area contributed by atoms with E-state index in [4.69, 9.17) is 11.6 Å². The largest absolute Gasteiger partial charge is 0.364 e. The number of nitrogens with zero attached hydrogens (tertiary/aromatic N) is 3. The van der Waals surface area contributed by atoms with E-state index in [2.05, 4.69) is 20.0 Å². The van der Waals surface area contributed by atoms with Gasteiger partial charge in [0.05, 0.1) is 23.6 Å². The number of halogens is 1. The second-order valence-corrected chi connectivity index (χ2v) is 3.52. The molecule has 7 nitrogen and oxygen atoms in total. The molecule has 0 aliphatic rings. The molecule has 2 rings (SSSR count). The molecule has 0 saturated heterocycles. The summed E-state index contributed by atoms with van der Waals surface area (Å²) in [6.45, 7) is 0.348. The third kappa shape index (κ3) is 2.91. The smallest absolute Gasteiger partial charge is 0.276 e. The quantitative estimate of drug-likeness (QED) is 0.511. The minimum atomic E-state index is -0.533. The normalized spacial score (nSPS) is 10.2. The van der Waals surface area contributed by atoms with Gasteiger partial charge in [0, 0.05) is 6.07 Å². The lowest BCUT2D eigenvalue weighted by atomic mass is 10.4. The van der Waals surface area contributed by atoms with Gasteiger partial charge < -0.3 is 9.84 Å². The van der Waals surface area contributed by atoms with Crippen molar-refractivity contribution in [3.05, 3.63) is 45.4 Å². The third-order valence-electron chi connectivity index (χ3n) is 1.93. The van der Waals surface area contributed by atoms with Crippen LogP contribution in [-0.4, -0.2) is 15.1 Å². The number of nitro groups is 1. The van der Waals surface area contributed by atoms with Gasteiger partial charge in [0.25, 0.3) is 5.69 Å². The highest BCUT2D eigenvalue weighted by Crippen LogP contribution is 2.20. The topological polar surface area (TPSA) is 94.1 Å². The Morgan fingerprint density at radius 2 is 2.35 bits per heavy atom. The number of hydrogen-bond donors (Lipinski definition) is 1. The van der Waals surface area contributed by atoms with E-state index in [1.54, 1.807) is 6.07 Å². The minimum Gasteiger partial charge on any atom is -0.364 e. The van der Waals surface area contributed by atoms with Crippen molar-refractivity contribution < 1.29 is 9.45 Å². The van der Waals surface area contributed by atoms with Crippen LogP contribution in [0.25, 0.3) is 0 Å². The molecular formula is C9H7ClN4O3. The van der Waals surface area contributed by atoms with Gasteiger partial charge in [0.1, 0.15) is 22.9 Å². The molecular weight excluding hydrogens is 248 g/mol. The first-order valence-electron chi connectivity index (χ1n) is 4.60. The summed E-state index contributed by atoms with van der Waals surface area (Å²) in [5.74, 6) is 0.312. The van der Waals surface area contributed by atoms with Crippen LogP contribution in [0.5, 0.6) is 0 Å². The molecule has 0 saturated carbocycles. The molecule has 2 aromatic rings. The van der Waals surface area contributed by atoms with Crippen LogP contribution in [0.2, 0.25) is 5.15 Å². The highest BCUT2D eigenvalue weighted by molar-refractivity contribution is 6.29. The van der Waals surface area contributed by atoms with Gasteiger partial charge in [-0.15, -0.1) is 0 Å². The van der Waals surface area contributed by atoms with E-state index in [-0.39, 0.29) is 10.8 Å². The molecule has 0 aliphatic heterocycles. The van der Waals surface area contributed by atoms with Crippen LogP contribution in [-0.2, 0) is 6.54 Å². The van der Waals surface area contributed by atoms with E-state index >= 15 is 0 Å². The summed E-state index contributed by atoms with van der Waals surface area (Å²) in [7, 11) is 0. The van der Waals surface area contributed by atoms with Gasteiger partial charge in [-0.05, 0) is 0 Å². The molecule has 0 aromatic carbocycles. The van der Waals surface area contributed by atoms with Crippen LogP contribution in [0.1, 0.15) is 5.69 Å². The van der Waals surface area contributed by atoms with Gasteiger partial charge in [-0.2, -0.15) is 0 Å². The summed E-state index contributed by atoms with van der Waals surface area (Å²) in [4.78, 5) is 14.0. The molecule has 0 fully saturated rings. The second kappa shape index (κ2) is 4.79. The first kappa shape index (κ1) is 11.3. The minimum absolute atomic E-state index is 0.0573. The predicted molar refractivity (Wildman–Crippen MR) is 59.7 cm³/mol. The number of nitrogens with one attached hydrogen (secondary N) is 1. The van der Waals surface area contributed by atoms with E-state index in [1.165, 1.54) is 18.4 Å². The lowest BCUT2D eigenvalue weighted by Crippen LogP contribution is -2.02. The zero-order valence-corrected chi connectivity index (χ0v) is 9.22. The first-order chi connectivity index (χ1) is 8.15. The molecule has 0 aliphatic carbocycles. The molecule has 0 unspecified atom stereocenters. The molecule has 88 valence electrons. The summed E-state index contributed by atoms with van der Waals surface area (Å²) in [5, 5.41) is 17.2. The number of anilines is 1. The van der Waals surface area contributed by atoms with Crippen LogP contribution in [0.15, 0.2) is 29.0 Å². The summed E-state index contributed by atoms with van der Waals surface area (Å²) in [5.41, 5.74) is 0.544. The van der Waals surface area contributed by atoms with E-state index in [0.29, 0.717) is 18.1 Å². The van der Waals surface area contributed by atoms with E-state index < -0.39 is 4.92 Å². The number of pyridine rings is 1. The third-order valence-corrected chi connectivity index (χ3v) is 2.13. The van der Waals surface area contributed by atoms with Crippen LogP contribution < -0.4 is 5.32 Å². The Labute approximate surface area is 101 Å². The molecule has 2 heterocycles. The Morgan fingerprint density at radius 3 is 3.00 bits per heavy atom. The highest BCUT2D eigenvalue weighted by atomic mass is 35.5. The monoisotopic (exact) mass is 254 g/mol. The van der Waals surface area contributed by atoms with Gasteiger partial charge in [0.15, 0.2) is 0 Å². The van der Waals surface area contributed by atoms with Crippen molar-refractivity contribution >= 4 is 23.1 Å². The van der Waals surface area contributed by atoms with E-state index in [0.717, 1.165) is 0 Å². The number of hydrogen-bond acceptors (Lipinski definition) is 6. The van der Waals surface area contributed by atoms with Crippen LogP contribution in [0.3, 0.4) is 0 Å². The lowest BCUT2D eigenvalue weighted by Gasteiger charge is -2.03. The average molecular weight is 255 g/mol. The van der Waals surface area contributed by atoms with Crippen LogP contribution in [0.4, 0.5) is 11.5 Å². The molecule has 0 radical (unpaired) electrons. The van der Waals surface area contributed by atoms with Crippen molar-refractivity contribution in [2.45, 2.75) is 6.54 Å². The Bertz CT molecular complexity index is 529. The Morgan fingerprint density at radius 1 is 1.53 bits per heavy atom. The van der Waals surface area contributed by atoms with Gasteiger partial charge >= 0.3 is 0 Å². The predicted octanol–water partition coefficient (Wildman–Crippen LogP) is 2.24. The molecule has 0 atom stereocenters. The summed E-state index contributed by atoms with van der Waals surface area (Å²) in [6.07, 6.45) is 1.44. The Kier molecular flexibility index (Phi) is 3.20. The molecule has 0 spiro atoms. The lowest BCUT2D eigenvalue weighted by molar-refractivity contribution is -0.384. The fourth-order valence-electron chi connectivity index (χ4n) is 1.19.